The highest BCUT2D eigenvalue weighted by molar-refractivity contribution is 5.86. The van der Waals surface area contributed by atoms with Gasteiger partial charge >= 0.3 is 12.1 Å². The molecule has 0 fully saturated rings. The lowest BCUT2D eigenvalue weighted by Gasteiger charge is -2.30. The van der Waals surface area contributed by atoms with Crippen LogP contribution in [0.5, 0.6) is 0 Å². The third kappa shape index (κ3) is 5.95. The molecule has 3 rings (SSSR count). The Kier molecular flexibility index (Phi) is 8.68. The molecule has 2 amide bonds. The van der Waals surface area contributed by atoms with E-state index in [1.165, 1.54) is 4.90 Å². The summed E-state index contributed by atoms with van der Waals surface area (Å²) in [5.74, 6) is -1.31. The Balaban J connectivity index is 1.68. The zero-order chi connectivity index (χ0) is 24.7. The summed E-state index contributed by atoms with van der Waals surface area (Å²) >= 11 is 0. The van der Waals surface area contributed by atoms with Gasteiger partial charge in [0, 0.05) is 18.5 Å². The normalized spacial score (nSPS) is 13.2. The van der Waals surface area contributed by atoms with Gasteiger partial charge < -0.3 is 20.1 Å². The van der Waals surface area contributed by atoms with E-state index in [4.69, 9.17) is 9.84 Å². The summed E-state index contributed by atoms with van der Waals surface area (Å²) in [6, 6.07) is 15.3. The van der Waals surface area contributed by atoms with E-state index in [1.54, 1.807) is 0 Å². The van der Waals surface area contributed by atoms with E-state index >= 15 is 0 Å². The molecule has 1 aliphatic rings. The third-order valence-corrected chi connectivity index (χ3v) is 6.25. The number of unbranched alkanes of at least 4 members (excludes halogenated alkanes) is 1. The summed E-state index contributed by atoms with van der Waals surface area (Å²) in [7, 11) is 0. The van der Waals surface area contributed by atoms with Crippen molar-refractivity contribution in [2.45, 2.75) is 64.5 Å². The molecular weight excluding hydrogens is 432 g/mol. The molecule has 7 heteroatoms. The maximum absolute atomic E-state index is 13.2. The standard InChI is InChI=1S/C27H34N2O5/c1-4-5-14-24(26(32)29(18(2)3)16-15-25(30)31)28-27(33)34-17-23-21-12-8-6-10-19(21)20-11-7-9-13-22(20)23/h6-13,18,23-24H,4-5,14-17H2,1-3H3,(H,28,33)(H,30,31). The highest BCUT2D eigenvalue weighted by Crippen LogP contribution is 2.44. The first-order valence-electron chi connectivity index (χ1n) is 12.0. The first kappa shape index (κ1) is 25.3. The summed E-state index contributed by atoms with van der Waals surface area (Å²) in [6.07, 6.45) is 1.31. The van der Waals surface area contributed by atoms with Crippen LogP contribution in [0.25, 0.3) is 11.1 Å². The molecule has 2 N–H and O–H groups in total. The number of alkyl carbamates (subject to hydrolysis) is 1. The Labute approximate surface area is 201 Å². The second kappa shape index (κ2) is 11.7. The van der Waals surface area contributed by atoms with Crippen LogP contribution in [0.3, 0.4) is 0 Å². The first-order chi connectivity index (χ1) is 16.3. The average molecular weight is 467 g/mol. The maximum atomic E-state index is 13.2. The number of benzene rings is 2. The number of hydrogen-bond acceptors (Lipinski definition) is 4. The van der Waals surface area contributed by atoms with Gasteiger partial charge in [0.2, 0.25) is 5.91 Å². The Hall–Kier alpha value is -3.35. The number of carbonyl (C=O) groups excluding carboxylic acids is 2. The number of carboxylic acid groups (broad SMARTS) is 1. The topological polar surface area (TPSA) is 95.9 Å². The molecule has 7 nitrogen and oxygen atoms in total. The van der Waals surface area contributed by atoms with Crippen molar-refractivity contribution in [2.75, 3.05) is 13.2 Å². The van der Waals surface area contributed by atoms with Gasteiger partial charge in [-0.1, -0.05) is 68.3 Å². The predicted octanol–water partition coefficient (Wildman–Crippen LogP) is 4.80. The van der Waals surface area contributed by atoms with Crippen molar-refractivity contribution >= 4 is 18.0 Å². The first-order valence-corrected chi connectivity index (χ1v) is 12.0. The van der Waals surface area contributed by atoms with Crippen LogP contribution in [-0.2, 0) is 14.3 Å². The van der Waals surface area contributed by atoms with E-state index in [1.807, 2.05) is 45.0 Å². The molecule has 2 aromatic carbocycles. The van der Waals surface area contributed by atoms with Crippen LogP contribution in [0, 0.1) is 0 Å². The zero-order valence-electron chi connectivity index (χ0n) is 20.1. The van der Waals surface area contributed by atoms with Crippen molar-refractivity contribution in [1.82, 2.24) is 10.2 Å². The molecule has 0 aliphatic heterocycles. The minimum absolute atomic E-state index is 0.0642. The van der Waals surface area contributed by atoms with Crippen molar-refractivity contribution in [3.8, 4) is 11.1 Å². The number of nitrogens with one attached hydrogen (secondary N) is 1. The van der Waals surface area contributed by atoms with E-state index in [0.717, 1.165) is 35.1 Å². The van der Waals surface area contributed by atoms with Gasteiger partial charge in [-0.3, -0.25) is 9.59 Å². The molecule has 2 aromatic rings. The molecule has 0 heterocycles. The van der Waals surface area contributed by atoms with E-state index in [-0.39, 0.29) is 37.4 Å². The Morgan fingerprint density at radius 2 is 1.62 bits per heavy atom. The zero-order valence-corrected chi connectivity index (χ0v) is 20.1. The van der Waals surface area contributed by atoms with Crippen molar-refractivity contribution in [3.05, 3.63) is 59.7 Å². The highest BCUT2D eigenvalue weighted by Gasteiger charge is 2.31. The number of amides is 2. The van der Waals surface area contributed by atoms with E-state index in [2.05, 4.69) is 29.6 Å². The summed E-state index contributed by atoms with van der Waals surface area (Å²) in [5, 5.41) is 11.8. The number of rotatable bonds is 11. The summed E-state index contributed by atoms with van der Waals surface area (Å²) in [5.41, 5.74) is 4.53. The number of hydrogen-bond donors (Lipinski definition) is 2. The van der Waals surface area contributed by atoms with Gasteiger partial charge in [-0.15, -0.1) is 0 Å². The average Bonchev–Trinajstić information content (AvgIpc) is 3.13. The van der Waals surface area contributed by atoms with Gasteiger partial charge in [0.05, 0.1) is 6.42 Å². The third-order valence-electron chi connectivity index (χ3n) is 6.25. The molecule has 0 saturated heterocycles. The Morgan fingerprint density at radius 3 is 2.15 bits per heavy atom. The van der Waals surface area contributed by atoms with E-state index in [9.17, 15) is 14.4 Å². The monoisotopic (exact) mass is 466 g/mol. The molecular formula is C27H34N2O5. The minimum Gasteiger partial charge on any atom is -0.481 e. The van der Waals surface area contributed by atoms with Gasteiger partial charge in [-0.2, -0.15) is 0 Å². The summed E-state index contributed by atoms with van der Waals surface area (Å²) < 4.78 is 5.62. The molecule has 0 radical (unpaired) electrons. The lowest BCUT2D eigenvalue weighted by atomic mass is 9.98. The molecule has 0 aromatic heterocycles. The molecule has 0 saturated carbocycles. The van der Waals surface area contributed by atoms with Gasteiger partial charge in [0.1, 0.15) is 12.6 Å². The SMILES string of the molecule is CCCCC(NC(=O)OCC1c2ccccc2-c2ccccc21)C(=O)N(CCC(=O)O)C(C)C. The summed E-state index contributed by atoms with van der Waals surface area (Å²) in [6.45, 7) is 5.95. The largest absolute Gasteiger partial charge is 0.481 e. The van der Waals surface area contributed by atoms with Crippen LogP contribution >= 0.6 is 0 Å². The van der Waals surface area contributed by atoms with Crippen LogP contribution in [-0.4, -0.2) is 53.2 Å². The molecule has 34 heavy (non-hydrogen) atoms. The predicted molar refractivity (Wildman–Crippen MR) is 131 cm³/mol. The fraction of sp³-hybridized carbons (Fsp3) is 0.444. The minimum atomic E-state index is -0.965. The van der Waals surface area contributed by atoms with Gasteiger partial charge in [-0.05, 0) is 42.5 Å². The van der Waals surface area contributed by atoms with Crippen LogP contribution in [0.15, 0.2) is 48.5 Å². The van der Waals surface area contributed by atoms with Crippen LogP contribution in [0.2, 0.25) is 0 Å². The van der Waals surface area contributed by atoms with Crippen molar-refractivity contribution in [2.24, 2.45) is 0 Å². The molecule has 182 valence electrons. The molecule has 1 aliphatic carbocycles. The van der Waals surface area contributed by atoms with Crippen molar-refractivity contribution < 1.29 is 24.2 Å². The lowest BCUT2D eigenvalue weighted by Crippen LogP contribution is -2.51. The fourth-order valence-electron chi connectivity index (χ4n) is 4.49. The number of nitrogens with zero attached hydrogens (tertiary/aromatic N) is 1. The number of aliphatic carboxylic acids is 1. The smallest absolute Gasteiger partial charge is 0.407 e. The van der Waals surface area contributed by atoms with Crippen molar-refractivity contribution in [1.29, 1.82) is 0 Å². The second-order valence-corrected chi connectivity index (χ2v) is 8.93. The Morgan fingerprint density at radius 1 is 1.03 bits per heavy atom. The number of carbonyl (C=O) groups is 3. The molecule has 1 atom stereocenters. The molecule has 1 unspecified atom stereocenters. The fourth-order valence-corrected chi connectivity index (χ4v) is 4.49. The van der Waals surface area contributed by atoms with Crippen LogP contribution in [0.1, 0.15) is 63.5 Å². The quantitative estimate of drug-likeness (QED) is 0.496. The van der Waals surface area contributed by atoms with Crippen molar-refractivity contribution in [3.63, 3.8) is 0 Å². The van der Waals surface area contributed by atoms with E-state index < -0.39 is 18.1 Å². The molecule has 0 spiro atoms. The van der Waals surface area contributed by atoms with Crippen LogP contribution in [0.4, 0.5) is 4.79 Å². The van der Waals surface area contributed by atoms with Gasteiger partial charge in [0.15, 0.2) is 0 Å². The van der Waals surface area contributed by atoms with E-state index in [0.29, 0.717) is 6.42 Å². The number of ether oxygens (including phenoxy) is 1. The number of fused-ring (bicyclic) bond motifs is 3. The lowest BCUT2D eigenvalue weighted by molar-refractivity contribution is -0.140. The Bertz CT molecular complexity index is 974. The maximum Gasteiger partial charge on any atom is 0.407 e. The van der Waals surface area contributed by atoms with Gasteiger partial charge in [0.25, 0.3) is 0 Å². The second-order valence-electron chi connectivity index (χ2n) is 8.93. The number of carboxylic acids is 1. The van der Waals surface area contributed by atoms with Crippen LogP contribution < -0.4 is 5.32 Å². The summed E-state index contributed by atoms with van der Waals surface area (Å²) in [4.78, 5) is 38.5. The van der Waals surface area contributed by atoms with Gasteiger partial charge in [-0.25, -0.2) is 4.79 Å². The highest BCUT2D eigenvalue weighted by atomic mass is 16.5. The molecule has 0 bridgehead atoms.